The molecule has 2 aromatic carbocycles. The highest BCUT2D eigenvalue weighted by atomic mass is 32.2. The Hall–Kier alpha value is -2.81. The number of carbonyl (C=O) groups excluding carboxylic acids is 1. The van der Waals surface area contributed by atoms with Crippen molar-refractivity contribution in [3.8, 4) is 5.75 Å². The van der Waals surface area contributed by atoms with Crippen LogP contribution in [-0.4, -0.2) is 28.2 Å². The molecule has 9 heteroatoms. The quantitative estimate of drug-likeness (QED) is 0.643. The lowest BCUT2D eigenvalue weighted by Gasteiger charge is -2.13. The molecule has 1 aromatic heterocycles. The molecule has 0 unspecified atom stereocenters. The average Bonchev–Trinajstić information content (AvgIpc) is 2.64. The zero-order chi connectivity index (χ0) is 19.3. The van der Waals surface area contributed by atoms with Gasteiger partial charge in [-0.2, -0.15) is 5.10 Å². The number of rotatable bonds is 6. The Morgan fingerprint density at radius 1 is 1.11 bits per heavy atom. The summed E-state index contributed by atoms with van der Waals surface area (Å²) in [6.07, 6.45) is -3.15. The van der Waals surface area contributed by atoms with Crippen LogP contribution in [0.2, 0.25) is 0 Å². The molecular weight excluding hydrogens is 379 g/mol. The number of thioether (sulfide) groups is 1. The van der Waals surface area contributed by atoms with Crippen LogP contribution in [-0.2, 0) is 11.3 Å². The minimum Gasteiger partial charge on any atom is -0.405 e. The molecule has 0 bridgehead atoms. The third kappa shape index (κ3) is 5.33. The highest BCUT2D eigenvalue weighted by Crippen LogP contribution is 2.27. The van der Waals surface area contributed by atoms with E-state index in [1.807, 2.05) is 24.3 Å². The lowest BCUT2D eigenvalue weighted by atomic mass is 10.2. The summed E-state index contributed by atoms with van der Waals surface area (Å²) in [6.45, 7) is -0.0765. The zero-order valence-corrected chi connectivity index (χ0v) is 14.7. The minimum absolute atomic E-state index is 0.0605. The molecule has 3 aromatic rings. The Morgan fingerprint density at radius 2 is 1.85 bits per heavy atom. The monoisotopic (exact) mass is 393 g/mol. The van der Waals surface area contributed by atoms with Crippen molar-refractivity contribution in [1.29, 1.82) is 0 Å². The number of halogens is 3. The van der Waals surface area contributed by atoms with E-state index in [-0.39, 0.29) is 29.5 Å². The first-order valence-corrected chi connectivity index (χ1v) is 8.84. The van der Waals surface area contributed by atoms with Crippen LogP contribution in [0.25, 0.3) is 10.8 Å². The van der Waals surface area contributed by atoms with Gasteiger partial charge in [-0.15, -0.1) is 18.3 Å². The van der Waals surface area contributed by atoms with Gasteiger partial charge < -0.3 is 10.1 Å². The number of nitrogens with zero attached hydrogens (tertiary/aromatic N) is 2. The van der Waals surface area contributed by atoms with E-state index in [4.69, 9.17) is 0 Å². The summed E-state index contributed by atoms with van der Waals surface area (Å²) in [6, 6.07) is 13.2. The van der Waals surface area contributed by atoms with Gasteiger partial charge in [-0.25, -0.2) is 0 Å². The maximum absolute atomic E-state index is 12.4. The molecule has 1 heterocycles. The summed E-state index contributed by atoms with van der Waals surface area (Å²) < 4.78 is 41.3. The molecule has 27 heavy (non-hydrogen) atoms. The van der Waals surface area contributed by atoms with Crippen molar-refractivity contribution in [2.24, 2.45) is 0 Å². The molecule has 140 valence electrons. The number of amides is 1. The lowest BCUT2D eigenvalue weighted by molar-refractivity contribution is -0.274. The number of para-hydroxylation sites is 1. The number of fused-ring (bicyclic) bond motifs is 1. The van der Waals surface area contributed by atoms with Crippen molar-refractivity contribution >= 4 is 28.4 Å². The van der Waals surface area contributed by atoms with Crippen LogP contribution in [0.4, 0.5) is 13.2 Å². The molecule has 0 aliphatic heterocycles. The summed E-state index contributed by atoms with van der Waals surface area (Å²) in [7, 11) is 0. The number of hydrogen-bond donors (Lipinski definition) is 1. The van der Waals surface area contributed by atoms with E-state index < -0.39 is 6.36 Å². The van der Waals surface area contributed by atoms with Crippen LogP contribution in [0, 0.1) is 0 Å². The number of nitrogens with one attached hydrogen (secondary N) is 1. The molecule has 0 saturated heterocycles. The molecule has 5 nitrogen and oxygen atoms in total. The molecular formula is C18H14F3N3O2S. The first kappa shape index (κ1) is 19.0. The van der Waals surface area contributed by atoms with E-state index >= 15 is 0 Å². The van der Waals surface area contributed by atoms with Crippen LogP contribution < -0.4 is 10.1 Å². The van der Waals surface area contributed by atoms with Gasteiger partial charge in [0.25, 0.3) is 0 Å². The fraction of sp³-hybridized carbons (Fsp3) is 0.167. The van der Waals surface area contributed by atoms with Gasteiger partial charge in [-0.3, -0.25) is 4.79 Å². The molecule has 0 atom stereocenters. The Bertz CT molecular complexity index is 945. The molecule has 0 radical (unpaired) electrons. The van der Waals surface area contributed by atoms with Crippen LogP contribution in [0.1, 0.15) is 5.56 Å². The SMILES string of the molecule is O=C(CSc1nncc2ccccc12)NCc1ccccc1OC(F)(F)F. The highest BCUT2D eigenvalue weighted by Gasteiger charge is 2.31. The summed E-state index contributed by atoms with van der Waals surface area (Å²) in [5.41, 5.74) is 0.234. The molecule has 1 N–H and O–H groups in total. The maximum Gasteiger partial charge on any atom is 0.573 e. The van der Waals surface area contributed by atoms with Gasteiger partial charge in [0, 0.05) is 22.9 Å². The van der Waals surface area contributed by atoms with E-state index in [9.17, 15) is 18.0 Å². The van der Waals surface area contributed by atoms with Gasteiger partial charge in [-0.1, -0.05) is 54.2 Å². The van der Waals surface area contributed by atoms with Crippen molar-refractivity contribution < 1.29 is 22.7 Å². The number of ether oxygens (including phenoxy) is 1. The number of aromatic nitrogens is 2. The minimum atomic E-state index is -4.79. The average molecular weight is 393 g/mol. The van der Waals surface area contributed by atoms with Crippen LogP contribution in [0.3, 0.4) is 0 Å². The van der Waals surface area contributed by atoms with Gasteiger partial charge in [0.15, 0.2) is 0 Å². The number of benzene rings is 2. The van der Waals surface area contributed by atoms with E-state index in [1.165, 1.54) is 30.0 Å². The van der Waals surface area contributed by atoms with Gasteiger partial charge >= 0.3 is 6.36 Å². The van der Waals surface area contributed by atoms with E-state index in [2.05, 4.69) is 20.3 Å². The Labute approximate surface area is 156 Å². The van der Waals surface area contributed by atoms with Crippen LogP contribution >= 0.6 is 11.8 Å². The fourth-order valence-corrected chi connectivity index (χ4v) is 3.18. The largest absolute Gasteiger partial charge is 0.573 e. The highest BCUT2D eigenvalue weighted by molar-refractivity contribution is 8.00. The third-order valence-corrected chi connectivity index (χ3v) is 4.53. The summed E-state index contributed by atoms with van der Waals surface area (Å²) in [5.74, 6) is -0.611. The molecule has 0 saturated carbocycles. The molecule has 0 aliphatic rings. The zero-order valence-electron chi connectivity index (χ0n) is 13.9. The molecule has 0 spiro atoms. The molecule has 0 aliphatic carbocycles. The van der Waals surface area contributed by atoms with E-state index in [0.29, 0.717) is 5.03 Å². The summed E-state index contributed by atoms with van der Waals surface area (Å²) in [4.78, 5) is 12.1. The predicted octanol–water partition coefficient (Wildman–Crippen LogP) is 3.94. The second-order valence-corrected chi connectivity index (χ2v) is 6.42. The lowest BCUT2D eigenvalue weighted by Crippen LogP contribution is -2.25. The predicted molar refractivity (Wildman–Crippen MR) is 95.2 cm³/mol. The number of alkyl halides is 3. The maximum atomic E-state index is 12.4. The second-order valence-electron chi connectivity index (χ2n) is 5.46. The Balaban J connectivity index is 1.59. The van der Waals surface area contributed by atoms with E-state index in [0.717, 1.165) is 10.8 Å². The number of carbonyl (C=O) groups is 1. The van der Waals surface area contributed by atoms with Crippen LogP contribution in [0.5, 0.6) is 5.75 Å². The van der Waals surface area contributed by atoms with Gasteiger partial charge in [0.05, 0.1) is 11.9 Å². The van der Waals surface area contributed by atoms with Crippen molar-refractivity contribution in [2.75, 3.05) is 5.75 Å². The first-order valence-electron chi connectivity index (χ1n) is 7.86. The van der Waals surface area contributed by atoms with Crippen molar-refractivity contribution in [2.45, 2.75) is 17.9 Å². The number of hydrogen-bond acceptors (Lipinski definition) is 5. The molecule has 1 amide bonds. The third-order valence-electron chi connectivity index (χ3n) is 3.55. The topological polar surface area (TPSA) is 64.1 Å². The first-order chi connectivity index (χ1) is 12.9. The fourth-order valence-electron chi connectivity index (χ4n) is 2.36. The van der Waals surface area contributed by atoms with Gasteiger partial charge in [0.1, 0.15) is 10.8 Å². The van der Waals surface area contributed by atoms with Gasteiger partial charge in [-0.05, 0) is 6.07 Å². The Morgan fingerprint density at radius 3 is 2.67 bits per heavy atom. The van der Waals surface area contributed by atoms with Crippen molar-refractivity contribution in [3.63, 3.8) is 0 Å². The van der Waals surface area contributed by atoms with Crippen molar-refractivity contribution in [1.82, 2.24) is 15.5 Å². The standard InChI is InChI=1S/C18H14F3N3O2S/c19-18(20,21)26-15-8-4-2-6-13(15)9-22-16(25)11-27-17-14-7-3-1-5-12(14)10-23-24-17/h1-8,10H,9,11H2,(H,22,25). The van der Waals surface area contributed by atoms with Crippen molar-refractivity contribution in [3.05, 3.63) is 60.3 Å². The van der Waals surface area contributed by atoms with Crippen LogP contribution in [0.15, 0.2) is 59.8 Å². The molecule has 0 fully saturated rings. The Kier molecular flexibility index (Phi) is 5.80. The normalized spacial score (nSPS) is 11.4. The van der Waals surface area contributed by atoms with Gasteiger partial charge in [0.2, 0.25) is 5.91 Å². The smallest absolute Gasteiger partial charge is 0.405 e. The molecule has 3 rings (SSSR count). The summed E-state index contributed by atoms with van der Waals surface area (Å²) in [5, 5.41) is 12.9. The second kappa shape index (κ2) is 8.26. The van der Waals surface area contributed by atoms with E-state index in [1.54, 1.807) is 12.3 Å². The summed E-state index contributed by atoms with van der Waals surface area (Å²) >= 11 is 1.21.